The van der Waals surface area contributed by atoms with Gasteiger partial charge in [-0.25, -0.2) is 5.43 Å². The third-order valence-electron chi connectivity index (χ3n) is 5.37. The SMILES string of the molecule is CC(C)(C)c1cc(/C=N/NC(=O)C[NH+]2CCCCCC2)cc(C(C)(C)C)c1O. The number of hydrazone groups is 1. The molecule has 1 aliphatic heterocycles. The Hall–Kier alpha value is -1.88. The maximum atomic E-state index is 12.2. The third-order valence-corrected chi connectivity index (χ3v) is 5.37. The van der Waals surface area contributed by atoms with Crippen molar-refractivity contribution in [1.82, 2.24) is 5.43 Å². The first-order chi connectivity index (χ1) is 13.0. The Morgan fingerprint density at radius 2 is 1.54 bits per heavy atom. The summed E-state index contributed by atoms with van der Waals surface area (Å²) >= 11 is 0. The Morgan fingerprint density at radius 3 is 2.00 bits per heavy atom. The van der Waals surface area contributed by atoms with E-state index < -0.39 is 0 Å². The number of carbonyl (C=O) groups excluding carboxylic acids is 1. The van der Waals surface area contributed by atoms with E-state index in [2.05, 4.69) is 52.1 Å². The topological polar surface area (TPSA) is 66.1 Å². The van der Waals surface area contributed by atoms with Gasteiger partial charge < -0.3 is 10.0 Å². The Balaban J connectivity index is 2.12. The van der Waals surface area contributed by atoms with Crippen molar-refractivity contribution in [2.45, 2.75) is 78.1 Å². The lowest BCUT2D eigenvalue weighted by Crippen LogP contribution is -3.13. The second kappa shape index (κ2) is 9.08. The first-order valence-corrected chi connectivity index (χ1v) is 10.5. The van der Waals surface area contributed by atoms with Crippen molar-refractivity contribution in [3.05, 3.63) is 28.8 Å². The number of nitrogens with zero attached hydrogens (tertiary/aromatic N) is 1. The normalized spacial score (nSPS) is 16.9. The zero-order valence-corrected chi connectivity index (χ0v) is 18.5. The average Bonchev–Trinajstić information content (AvgIpc) is 2.82. The number of hydrogen-bond acceptors (Lipinski definition) is 3. The van der Waals surface area contributed by atoms with Gasteiger partial charge in [0.1, 0.15) is 5.75 Å². The molecule has 1 aliphatic rings. The number of likely N-dealkylation sites (tertiary alicyclic amines) is 1. The number of quaternary nitrogens is 1. The molecule has 1 fully saturated rings. The van der Waals surface area contributed by atoms with Gasteiger partial charge in [0.25, 0.3) is 5.91 Å². The molecule has 1 aromatic rings. The first-order valence-electron chi connectivity index (χ1n) is 10.5. The molecule has 0 spiro atoms. The summed E-state index contributed by atoms with van der Waals surface area (Å²) in [7, 11) is 0. The molecular formula is C23H38N3O2+. The van der Waals surface area contributed by atoms with Gasteiger partial charge in [0.15, 0.2) is 6.54 Å². The number of phenols is 1. The molecular weight excluding hydrogens is 350 g/mol. The van der Waals surface area contributed by atoms with Crippen LogP contribution in [-0.2, 0) is 15.6 Å². The Labute approximate surface area is 170 Å². The number of rotatable bonds is 4. The smallest absolute Gasteiger partial charge is 0.295 e. The minimum atomic E-state index is -0.187. The fourth-order valence-corrected chi connectivity index (χ4v) is 3.73. The van der Waals surface area contributed by atoms with E-state index in [9.17, 15) is 9.90 Å². The van der Waals surface area contributed by atoms with Gasteiger partial charge in [0.2, 0.25) is 0 Å². The molecule has 0 saturated carbocycles. The fourth-order valence-electron chi connectivity index (χ4n) is 3.73. The minimum Gasteiger partial charge on any atom is -0.507 e. The third kappa shape index (κ3) is 6.33. The van der Waals surface area contributed by atoms with Crippen LogP contribution in [0.4, 0.5) is 0 Å². The zero-order chi connectivity index (χ0) is 20.9. The van der Waals surface area contributed by atoms with Crippen molar-refractivity contribution >= 4 is 12.1 Å². The van der Waals surface area contributed by atoms with E-state index in [0.29, 0.717) is 12.3 Å². The van der Waals surface area contributed by atoms with Crippen LogP contribution in [0.1, 0.15) is 83.9 Å². The van der Waals surface area contributed by atoms with Crippen LogP contribution < -0.4 is 10.3 Å². The summed E-state index contributed by atoms with van der Waals surface area (Å²) in [6, 6.07) is 3.92. The monoisotopic (exact) mass is 388 g/mol. The molecule has 0 aliphatic carbocycles. The molecule has 0 atom stereocenters. The van der Waals surface area contributed by atoms with Crippen LogP contribution >= 0.6 is 0 Å². The molecule has 156 valence electrons. The maximum Gasteiger partial charge on any atom is 0.295 e. The predicted molar refractivity (Wildman–Crippen MR) is 115 cm³/mol. The lowest BCUT2D eigenvalue weighted by molar-refractivity contribution is -0.891. The van der Waals surface area contributed by atoms with Crippen LogP contribution in [0.2, 0.25) is 0 Å². The largest absolute Gasteiger partial charge is 0.507 e. The molecule has 0 bridgehead atoms. The highest BCUT2D eigenvalue weighted by molar-refractivity contribution is 5.84. The average molecular weight is 389 g/mol. The van der Waals surface area contributed by atoms with E-state index in [-0.39, 0.29) is 16.7 Å². The van der Waals surface area contributed by atoms with Gasteiger partial charge in [-0.2, -0.15) is 5.10 Å². The van der Waals surface area contributed by atoms with Crippen molar-refractivity contribution in [2.75, 3.05) is 19.6 Å². The van der Waals surface area contributed by atoms with Crippen molar-refractivity contribution in [3.8, 4) is 5.75 Å². The number of hydrogen-bond donors (Lipinski definition) is 3. The number of benzene rings is 1. The molecule has 28 heavy (non-hydrogen) atoms. The summed E-state index contributed by atoms with van der Waals surface area (Å²) < 4.78 is 0. The van der Waals surface area contributed by atoms with E-state index in [1.807, 2.05) is 12.1 Å². The molecule has 0 aromatic heterocycles. The summed E-state index contributed by atoms with van der Waals surface area (Å²) in [5.41, 5.74) is 4.97. The van der Waals surface area contributed by atoms with Gasteiger partial charge in [0.05, 0.1) is 19.3 Å². The van der Waals surface area contributed by atoms with E-state index in [0.717, 1.165) is 29.8 Å². The van der Waals surface area contributed by atoms with Gasteiger partial charge in [-0.15, -0.1) is 0 Å². The van der Waals surface area contributed by atoms with E-state index >= 15 is 0 Å². The fraction of sp³-hybridized carbons (Fsp3) is 0.652. The highest BCUT2D eigenvalue weighted by atomic mass is 16.3. The Kier molecular flexibility index (Phi) is 7.27. The van der Waals surface area contributed by atoms with Gasteiger partial charge in [-0.3, -0.25) is 4.79 Å². The van der Waals surface area contributed by atoms with Crippen LogP contribution in [0.15, 0.2) is 17.2 Å². The van der Waals surface area contributed by atoms with Gasteiger partial charge in [-0.05, 0) is 54.2 Å². The van der Waals surface area contributed by atoms with Crippen molar-refractivity contribution in [1.29, 1.82) is 0 Å². The first kappa shape index (κ1) is 22.4. The Morgan fingerprint density at radius 1 is 1.04 bits per heavy atom. The van der Waals surface area contributed by atoms with E-state index in [1.165, 1.54) is 30.6 Å². The summed E-state index contributed by atoms with van der Waals surface area (Å²) in [5, 5.41) is 15.0. The zero-order valence-electron chi connectivity index (χ0n) is 18.5. The van der Waals surface area contributed by atoms with Crippen molar-refractivity contribution in [3.63, 3.8) is 0 Å². The molecule has 1 heterocycles. The molecule has 3 N–H and O–H groups in total. The van der Waals surface area contributed by atoms with E-state index in [1.54, 1.807) is 6.21 Å². The molecule has 1 amide bonds. The number of phenolic OH excluding ortho intramolecular Hbond substituents is 1. The number of nitrogens with one attached hydrogen (secondary N) is 2. The second-order valence-electron chi connectivity index (χ2n) is 10.1. The summed E-state index contributed by atoms with van der Waals surface area (Å²) in [6.07, 6.45) is 6.63. The number of amides is 1. The molecule has 1 saturated heterocycles. The van der Waals surface area contributed by atoms with Crippen molar-refractivity contribution < 1.29 is 14.8 Å². The lowest BCUT2D eigenvalue weighted by atomic mass is 9.78. The number of aromatic hydroxyl groups is 1. The van der Waals surface area contributed by atoms with Gasteiger partial charge in [0, 0.05) is 11.1 Å². The van der Waals surface area contributed by atoms with Crippen LogP contribution in [0.3, 0.4) is 0 Å². The van der Waals surface area contributed by atoms with Crippen LogP contribution in [0.25, 0.3) is 0 Å². The highest BCUT2D eigenvalue weighted by Gasteiger charge is 2.26. The van der Waals surface area contributed by atoms with Crippen LogP contribution in [0, 0.1) is 0 Å². The molecule has 0 radical (unpaired) electrons. The standard InChI is InChI=1S/C23H37N3O2/c1-22(2,3)18-13-17(14-19(21(18)28)23(4,5)6)15-24-25-20(27)16-26-11-9-7-8-10-12-26/h13-15,28H,7-12,16H2,1-6H3,(H,25,27)/p+1/b24-15+. The van der Waals surface area contributed by atoms with E-state index in [4.69, 9.17) is 0 Å². The predicted octanol–water partition coefficient (Wildman–Crippen LogP) is 2.90. The molecule has 0 unspecified atom stereocenters. The van der Waals surface area contributed by atoms with Crippen LogP contribution in [0.5, 0.6) is 5.75 Å². The minimum absolute atomic E-state index is 0.0426. The second-order valence-corrected chi connectivity index (χ2v) is 10.1. The number of carbonyl (C=O) groups is 1. The molecule has 5 nitrogen and oxygen atoms in total. The Bertz CT molecular complexity index is 669. The van der Waals surface area contributed by atoms with Gasteiger partial charge in [-0.1, -0.05) is 41.5 Å². The molecule has 2 rings (SSSR count). The highest BCUT2D eigenvalue weighted by Crippen LogP contribution is 2.39. The lowest BCUT2D eigenvalue weighted by Gasteiger charge is -2.27. The maximum absolute atomic E-state index is 12.2. The van der Waals surface area contributed by atoms with Crippen molar-refractivity contribution in [2.24, 2.45) is 5.10 Å². The summed E-state index contributed by atoms with van der Waals surface area (Å²) in [5.74, 6) is 0.310. The quantitative estimate of drug-likeness (QED) is 0.548. The summed E-state index contributed by atoms with van der Waals surface area (Å²) in [4.78, 5) is 13.6. The molecule has 5 heteroatoms. The summed E-state index contributed by atoms with van der Waals surface area (Å²) in [6.45, 7) is 15.1. The van der Waals surface area contributed by atoms with Gasteiger partial charge >= 0.3 is 0 Å². The van der Waals surface area contributed by atoms with Crippen LogP contribution in [-0.4, -0.2) is 36.9 Å². The molecule has 1 aromatic carbocycles.